The molecule has 1 aromatic heterocycles. The first-order chi connectivity index (χ1) is 9.66. The molecule has 3 aliphatic rings. The highest BCUT2D eigenvalue weighted by Gasteiger charge is 2.57. The quantitative estimate of drug-likeness (QED) is 0.918. The van der Waals surface area contributed by atoms with Crippen molar-refractivity contribution in [2.24, 2.45) is 23.2 Å². The van der Waals surface area contributed by atoms with E-state index < -0.39 is 0 Å². The molecule has 0 radical (unpaired) electrons. The molecule has 110 valence electrons. The van der Waals surface area contributed by atoms with Crippen molar-refractivity contribution in [1.82, 2.24) is 14.9 Å². The van der Waals surface area contributed by atoms with Gasteiger partial charge in [-0.1, -0.05) is 20.3 Å². The van der Waals surface area contributed by atoms with Gasteiger partial charge in [-0.25, -0.2) is 4.98 Å². The monoisotopic (exact) mass is 273 g/mol. The van der Waals surface area contributed by atoms with Crippen LogP contribution in [0.5, 0.6) is 0 Å². The van der Waals surface area contributed by atoms with Crippen LogP contribution >= 0.6 is 0 Å². The molecule has 4 rings (SSSR count). The third-order valence-corrected chi connectivity index (χ3v) is 6.43. The van der Waals surface area contributed by atoms with Gasteiger partial charge in [-0.15, -0.1) is 0 Å². The third kappa shape index (κ3) is 1.86. The van der Waals surface area contributed by atoms with Crippen LogP contribution < -0.4 is 5.32 Å². The fourth-order valence-corrected chi connectivity index (χ4v) is 5.27. The van der Waals surface area contributed by atoms with E-state index in [1.807, 2.05) is 6.20 Å². The summed E-state index contributed by atoms with van der Waals surface area (Å²) in [4.78, 5) is 4.49. The predicted molar refractivity (Wildman–Crippen MR) is 80.4 cm³/mol. The van der Waals surface area contributed by atoms with E-state index in [1.54, 1.807) is 0 Å². The van der Waals surface area contributed by atoms with Crippen LogP contribution in [0.2, 0.25) is 0 Å². The van der Waals surface area contributed by atoms with Gasteiger partial charge in [-0.05, 0) is 49.0 Å². The van der Waals surface area contributed by atoms with Crippen molar-refractivity contribution in [1.29, 1.82) is 0 Å². The number of rotatable bonds is 3. The highest BCUT2D eigenvalue weighted by Crippen LogP contribution is 2.58. The average molecular weight is 273 g/mol. The Kier molecular flexibility index (Phi) is 2.95. The van der Waals surface area contributed by atoms with Gasteiger partial charge < -0.3 is 9.88 Å². The molecule has 1 aliphatic heterocycles. The summed E-state index contributed by atoms with van der Waals surface area (Å²) in [6.07, 6.45) is 10.9. The number of aromatic nitrogens is 2. The Balaban J connectivity index is 1.35. The Labute approximate surface area is 122 Å². The first-order valence-corrected chi connectivity index (χ1v) is 8.39. The maximum atomic E-state index is 4.49. The molecule has 0 amide bonds. The number of fused-ring (bicyclic) bond motifs is 2. The summed E-state index contributed by atoms with van der Waals surface area (Å²) >= 11 is 0. The minimum absolute atomic E-state index is 0.522. The van der Waals surface area contributed by atoms with Crippen molar-refractivity contribution >= 4 is 0 Å². The molecule has 0 bridgehead atoms. The minimum atomic E-state index is 0.522. The normalized spacial score (nSPS) is 38.1. The third-order valence-electron chi connectivity index (χ3n) is 6.43. The molecule has 3 nitrogen and oxygen atoms in total. The smallest absolute Gasteiger partial charge is 0.108 e. The van der Waals surface area contributed by atoms with Gasteiger partial charge in [0, 0.05) is 31.4 Å². The van der Waals surface area contributed by atoms with Crippen LogP contribution in [0.4, 0.5) is 0 Å². The summed E-state index contributed by atoms with van der Waals surface area (Å²) in [5.41, 5.74) is 0.522. The molecule has 0 aromatic carbocycles. The Bertz CT molecular complexity index is 490. The second-order valence-corrected chi connectivity index (χ2v) is 7.80. The highest BCUT2D eigenvalue weighted by atomic mass is 15.1. The number of imidazole rings is 1. The minimum Gasteiger partial charge on any atom is -0.335 e. The second kappa shape index (κ2) is 4.59. The largest absolute Gasteiger partial charge is 0.335 e. The van der Waals surface area contributed by atoms with Gasteiger partial charge in [0.25, 0.3) is 0 Å². The van der Waals surface area contributed by atoms with E-state index in [0.717, 1.165) is 36.8 Å². The summed E-state index contributed by atoms with van der Waals surface area (Å²) in [6.45, 7) is 7.29. The molecule has 1 aromatic rings. The van der Waals surface area contributed by atoms with Crippen molar-refractivity contribution in [3.05, 3.63) is 18.2 Å². The molecule has 2 unspecified atom stereocenters. The van der Waals surface area contributed by atoms with Crippen molar-refractivity contribution < 1.29 is 0 Å². The van der Waals surface area contributed by atoms with Gasteiger partial charge in [0.15, 0.2) is 0 Å². The van der Waals surface area contributed by atoms with Crippen LogP contribution in [-0.2, 0) is 13.0 Å². The first kappa shape index (κ1) is 12.9. The topological polar surface area (TPSA) is 29.9 Å². The SMILES string of the molecule is CC1(C)C(NCC2CCn3ccnc3C2)[C@@H]2CCC[C@@H]21. The second-order valence-electron chi connectivity index (χ2n) is 7.80. The average Bonchev–Trinajstić information content (AvgIpc) is 3.05. The zero-order valence-corrected chi connectivity index (χ0v) is 12.8. The maximum absolute atomic E-state index is 4.49. The summed E-state index contributed by atoms with van der Waals surface area (Å²) in [5, 5.41) is 3.94. The Hall–Kier alpha value is -0.830. The summed E-state index contributed by atoms with van der Waals surface area (Å²) < 4.78 is 2.32. The van der Waals surface area contributed by atoms with Crippen LogP contribution in [0.1, 0.15) is 45.4 Å². The molecule has 2 heterocycles. The number of aryl methyl sites for hydroxylation is 1. The fourth-order valence-electron chi connectivity index (χ4n) is 5.27. The van der Waals surface area contributed by atoms with Crippen LogP contribution in [0.25, 0.3) is 0 Å². The van der Waals surface area contributed by atoms with Crippen LogP contribution in [0.15, 0.2) is 12.4 Å². The molecular weight excluding hydrogens is 246 g/mol. The van der Waals surface area contributed by atoms with Crippen molar-refractivity contribution in [3.63, 3.8) is 0 Å². The van der Waals surface area contributed by atoms with E-state index >= 15 is 0 Å². The predicted octanol–water partition coefficient (Wildman–Crippen LogP) is 2.86. The van der Waals surface area contributed by atoms with Gasteiger partial charge in [0.1, 0.15) is 5.82 Å². The van der Waals surface area contributed by atoms with Crippen LogP contribution in [0.3, 0.4) is 0 Å². The lowest BCUT2D eigenvalue weighted by atomic mass is 9.53. The lowest BCUT2D eigenvalue weighted by molar-refractivity contribution is -0.0424. The molecule has 0 spiro atoms. The van der Waals surface area contributed by atoms with E-state index in [4.69, 9.17) is 0 Å². The summed E-state index contributed by atoms with van der Waals surface area (Å²) in [5.74, 6) is 4.02. The van der Waals surface area contributed by atoms with E-state index in [-0.39, 0.29) is 0 Å². The van der Waals surface area contributed by atoms with Crippen molar-refractivity contribution in [2.45, 2.75) is 58.5 Å². The van der Waals surface area contributed by atoms with Gasteiger partial charge >= 0.3 is 0 Å². The Morgan fingerprint density at radius 2 is 2.25 bits per heavy atom. The molecule has 3 heteroatoms. The van der Waals surface area contributed by atoms with E-state index in [2.05, 4.69) is 34.9 Å². The molecule has 20 heavy (non-hydrogen) atoms. The number of hydrogen-bond acceptors (Lipinski definition) is 2. The molecule has 1 N–H and O–H groups in total. The molecular formula is C17H27N3. The maximum Gasteiger partial charge on any atom is 0.108 e. The van der Waals surface area contributed by atoms with Gasteiger partial charge in [-0.3, -0.25) is 0 Å². The van der Waals surface area contributed by atoms with Gasteiger partial charge in [-0.2, -0.15) is 0 Å². The Morgan fingerprint density at radius 3 is 3.15 bits per heavy atom. The van der Waals surface area contributed by atoms with Gasteiger partial charge in [0.05, 0.1) is 0 Å². The van der Waals surface area contributed by atoms with E-state index in [1.165, 1.54) is 38.1 Å². The summed E-state index contributed by atoms with van der Waals surface area (Å²) in [7, 11) is 0. The Morgan fingerprint density at radius 1 is 1.35 bits per heavy atom. The number of hydrogen-bond donors (Lipinski definition) is 1. The molecule has 4 atom stereocenters. The fraction of sp³-hybridized carbons (Fsp3) is 0.824. The summed E-state index contributed by atoms with van der Waals surface area (Å²) in [6, 6.07) is 0.761. The van der Waals surface area contributed by atoms with Gasteiger partial charge in [0.2, 0.25) is 0 Å². The van der Waals surface area contributed by atoms with Crippen LogP contribution in [0, 0.1) is 23.2 Å². The van der Waals surface area contributed by atoms with Crippen molar-refractivity contribution in [3.8, 4) is 0 Å². The highest BCUT2D eigenvalue weighted by molar-refractivity contribution is 5.10. The lowest BCUT2D eigenvalue weighted by Gasteiger charge is -2.57. The molecule has 2 fully saturated rings. The van der Waals surface area contributed by atoms with Crippen LogP contribution in [-0.4, -0.2) is 22.1 Å². The van der Waals surface area contributed by atoms with E-state index in [9.17, 15) is 0 Å². The molecule has 2 saturated carbocycles. The number of nitrogens with zero attached hydrogens (tertiary/aromatic N) is 2. The standard InChI is InChI=1S/C17H27N3/c1-17(2)14-5-3-4-13(14)16(17)19-11-12-6-8-20-9-7-18-15(20)10-12/h7,9,12-14,16,19H,3-6,8,10-11H2,1-2H3/t12?,13-,14+,16?/m1/s1. The number of nitrogens with one attached hydrogen (secondary N) is 1. The zero-order valence-electron chi connectivity index (χ0n) is 12.8. The van der Waals surface area contributed by atoms with E-state index in [0.29, 0.717) is 5.41 Å². The molecule has 0 saturated heterocycles. The zero-order chi connectivity index (χ0) is 13.7. The van der Waals surface area contributed by atoms with Crippen molar-refractivity contribution in [2.75, 3.05) is 6.54 Å². The lowest BCUT2D eigenvalue weighted by Crippen LogP contribution is -2.62. The molecule has 2 aliphatic carbocycles. The first-order valence-electron chi connectivity index (χ1n) is 8.39.